The summed E-state index contributed by atoms with van der Waals surface area (Å²) in [6, 6.07) is 9.70. The number of aliphatic hydroxyl groups is 1. The third-order valence-corrected chi connectivity index (χ3v) is 5.01. The van der Waals surface area contributed by atoms with E-state index >= 15 is 0 Å². The fourth-order valence-corrected chi connectivity index (χ4v) is 3.01. The monoisotopic (exact) mass is 444 g/mol. The smallest absolute Gasteiger partial charge is 0.309 e. The zero-order valence-corrected chi connectivity index (χ0v) is 19.0. The lowest BCUT2D eigenvalue weighted by molar-refractivity contribution is -0.139. The maximum absolute atomic E-state index is 11.2. The summed E-state index contributed by atoms with van der Waals surface area (Å²) in [6.07, 6.45) is 7.03. The van der Waals surface area contributed by atoms with E-state index in [0.29, 0.717) is 12.1 Å². The number of oxime groups is 1. The van der Waals surface area contributed by atoms with Crippen molar-refractivity contribution in [3.05, 3.63) is 59.9 Å². The van der Waals surface area contributed by atoms with Crippen LogP contribution in [-0.2, 0) is 25.5 Å². The Labute approximate surface area is 188 Å². The molecular weight excluding hydrogens is 412 g/mol. The molecule has 0 amide bonds. The number of methoxy groups -OCH3 is 2. The van der Waals surface area contributed by atoms with Gasteiger partial charge in [-0.2, -0.15) is 0 Å². The first kappa shape index (κ1) is 25.2. The third kappa shape index (κ3) is 7.90. The van der Waals surface area contributed by atoms with E-state index in [-0.39, 0.29) is 37.1 Å². The minimum atomic E-state index is -0.432. The van der Waals surface area contributed by atoms with Gasteiger partial charge in [-0.3, -0.25) is 4.79 Å². The van der Waals surface area contributed by atoms with Crippen LogP contribution in [0.2, 0.25) is 0 Å². The van der Waals surface area contributed by atoms with Crippen LogP contribution in [0.25, 0.3) is 0 Å². The number of hydrogen-bond acceptors (Lipinski definition) is 8. The van der Waals surface area contributed by atoms with E-state index in [1.54, 1.807) is 30.3 Å². The van der Waals surface area contributed by atoms with Crippen LogP contribution in [0.3, 0.4) is 0 Å². The fraction of sp³-hybridized carbons (Fsp3) is 0.478. The van der Waals surface area contributed by atoms with Crippen LogP contribution in [-0.4, -0.2) is 59.2 Å². The number of rotatable bonds is 13. The number of aromatic nitrogens is 3. The van der Waals surface area contributed by atoms with E-state index in [1.165, 1.54) is 7.11 Å². The Hall–Kier alpha value is -3.04. The molecule has 0 fully saturated rings. The lowest BCUT2D eigenvalue weighted by Crippen LogP contribution is -2.20. The molecule has 0 bridgehead atoms. The second-order valence-corrected chi connectivity index (χ2v) is 7.42. The molecule has 0 saturated carbocycles. The first-order valence-corrected chi connectivity index (χ1v) is 10.5. The highest BCUT2D eigenvalue weighted by molar-refractivity contribution is 5.71. The molecule has 0 saturated heterocycles. The minimum Gasteiger partial charge on any atom is -0.469 e. The van der Waals surface area contributed by atoms with Crippen LogP contribution in [0.15, 0.2) is 53.8 Å². The molecule has 0 spiro atoms. The standard InChI is InChI=1S/C23H32N4O5/c1-17(9-8-12-23(29)31-4)22(30-3)14-24-32-18(2)21-15-27(26-25-21)20(16-28)13-19-10-6-5-7-11-19/h5-11,14-15,17-18,20,22,28H,12-13,16H2,1-4H3/b9-8-,24-14-/t17-,18+,20+,22-/m1/s1. The van der Waals surface area contributed by atoms with Crippen molar-refractivity contribution in [1.29, 1.82) is 0 Å². The SMILES string of the molecule is COC(=O)C/C=C\[C@@H](C)[C@@H](/C=N\O[C@@H](C)c1cn([C@H](CO)Cc2ccccc2)nn1)OC. The van der Waals surface area contributed by atoms with E-state index in [2.05, 4.69) is 20.2 Å². The minimum absolute atomic E-state index is 0.0171. The predicted molar refractivity (Wildman–Crippen MR) is 120 cm³/mol. The Bertz CT molecular complexity index is 868. The molecule has 0 radical (unpaired) electrons. The molecule has 2 rings (SSSR count). The maximum Gasteiger partial charge on any atom is 0.309 e. The van der Waals surface area contributed by atoms with Gasteiger partial charge in [-0.25, -0.2) is 4.68 Å². The fourth-order valence-electron chi connectivity index (χ4n) is 3.01. The highest BCUT2D eigenvalue weighted by atomic mass is 16.6. The molecule has 0 aliphatic heterocycles. The first-order chi connectivity index (χ1) is 15.5. The second kappa shape index (κ2) is 13.4. The van der Waals surface area contributed by atoms with Gasteiger partial charge in [0.15, 0.2) is 6.10 Å². The maximum atomic E-state index is 11.2. The van der Waals surface area contributed by atoms with Gasteiger partial charge in [-0.1, -0.05) is 59.8 Å². The Morgan fingerprint density at radius 2 is 2.00 bits per heavy atom. The molecule has 1 N–H and O–H groups in total. The molecule has 4 atom stereocenters. The van der Waals surface area contributed by atoms with Gasteiger partial charge in [0.05, 0.1) is 38.6 Å². The molecule has 0 unspecified atom stereocenters. The molecular formula is C23H32N4O5. The van der Waals surface area contributed by atoms with E-state index < -0.39 is 6.10 Å². The Morgan fingerprint density at radius 1 is 1.25 bits per heavy atom. The second-order valence-electron chi connectivity index (χ2n) is 7.42. The summed E-state index contributed by atoms with van der Waals surface area (Å²) in [7, 11) is 2.94. The van der Waals surface area contributed by atoms with Gasteiger partial charge in [-0.05, 0) is 18.9 Å². The normalized spacial score (nSPS) is 15.5. The van der Waals surface area contributed by atoms with Crippen LogP contribution in [0.5, 0.6) is 0 Å². The van der Waals surface area contributed by atoms with E-state index in [0.717, 1.165) is 5.56 Å². The highest BCUT2D eigenvalue weighted by Crippen LogP contribution is 2.18. The van der Waals surface area contributed by atoms with Gasteiger partial charge in [0, 0.05) is 13.0 Å². The molecule has 0 aliphatic rings. The molecule has 2 aromatic rings. The molecule has 32 heavy (non-hydrogen) atoms. The van der Waals surface area contributed by atoms with Gasteiger partial charge in [0.1, 0.15) is 11.8 Å². The Morgan fingerprint density at radius 3 is 2.66 bits per heavy atom. The van der Waals surface area contributed by atoms with Crippen molar-refractivity contribution in [3.63, 3.8) is 0 Å². The summed E-state index contributed by atoms with van der Waals surface area (Å²) in [4.78, 5) is 16.7. The number of esters is 1. The quantitative estimate of drug-likeness (QED) is 0.219. The van der Waals surface area contributed by atoms with Crippen molar-refractivity contribution < 1.29 is 24.2 Å². The number of aliphatic hydroxyl groups excluding tert-OH is 1. The van der Waals surface area contributed by atoms with Gasteiger partial charge in [0.2, 0.25) is 0 Å². The zero-order valence-electron chi connectivity index (χ0n) is 19.0. The van der Waals surface area contributed by atoms with Crippen LogP contribution in [0.1, 0.15) is 43.7 Å². The number of nitrogens with zero attached hydrogens (tertiary/aromatic N) is 4. The number of carbonyl (C=O) groups is 1. The van der Waals surface area contributed by atoms with Crippen LogP contribution < -0.4 is 0 Å². The lowest BCUT2D eigenvalue weighted by atomic mass is 10.0. The molecule has 9 heteroatoms. The summed E-state index contributed by atoms with van der Waals surface area (Å²) in [6.45, 7) is 3.71. The third-order valence-electron chi connectivity index (χ3n) is 5.01. The average Bonchev–Trinajstić information content (AvgIpc) is 3.30. The predicted octanol–water partition coefficient (Wildman–Crippen LogP) is 2.89. The van der Waals surface area contributed by atoms with Crippen molar-refractivity contribution in [2.75, 3.05) is 20.8 Å². The number of ether oxygens (including phenoxy) is 2. The van der Waals surface area contributed by atoms with Crippen molar-refractivity contribution in [2.45, 2.75) is 44.9 Å². The summed E-state index contributed by atoms with van der Waals surface area (Å²) < 4.78 is 11.7. The van der Waals surface area contributed by atoms with Gasteiger partial charge in [-0.15, -0.1) is 5.10 Å². The molecule has 9 nitrogen and oxygen atoms in total. The van der Waals surface area contributed by atoms with Crippen molar-refractivity contribution in [1.82, 2.24) is 15.0 Å². The topological polar surface area (TPSA) is 108 Å². The summed E-state index contributed by atoms with van der Waals surface area (Å²) in [5.41, 5.74) is 1.71. The summed E-state index contributed by atoms with van der Waals surface area (Å²) in [5.74, 6) is -0.315. The van der Waals surface area contributed by atoms with Crippen molar-refractivity contribution in [2.24, 2.45) is 11.1 Å². The van der Waals surface area contributed by atoms with Gasteiger partial charge in [0.25, 0.3) is 0 Å². The molecule has 1 aromatic heterocycles. The number of benzene rings is 1. The number of carbonyl (C=O) groups excluding carboxylic acids is 1. The molecule has 0 aliphatic carbocycles. The number of hydrogen-bond donors (Lipinski definition) is 1. The van der Waals surface area contributed by atoms with Crippen LogP contribution in [0.4, 0.5) is 0 Å². The molecule has 174 valence electrons. The van der Waals surface area contributed by atoms with E-state index in [4.69, 9.17) is 9.57 Å². The van der Waals surface area contributed by atoms with E-state index in [9.17, 15) is 9.90 Å². The lowest BCUT2D eigenvalue weighted by Gasteiger charge is -2.15. The highest BCUT2D eigenvalue weighted by Gasteiger charge is 2.17. The van der Waals surface area contributed by atoms with Crippen molar-refractivity contribution >= 4 is 12.2 Å². The van der Waals surface area contributed by atoms with Crippen LogP contribution >= 0.6 is 0 Å². The first-order valence-electron chi connectivity index (χ1n) is 10.5. The van der Waals surface area contributed by atoms with Crippen LogP contribution in [0, 0.1) is 5.92 Å². The Balaban J connectivity index is 1.91. The molecule has 1 aromatic carbocycles. The van der Waals surface area contributed by atoms with Gasteiger partial charge >= 0.3 is 5.97 Å². The largest absolute Gasteiger partial charge is 0.469 e. The average molecular weight is 445 g/mol. The Kier molecular flexibility index (Phi) is 10.6. The summed E-state index contributed by atoms with van der Waals surface area (Å²) >= 11 is 0. The summed E-state index contributed by atoms with van der Waals surface area (Å²) in [5, 5.41) is 22.1. The van der Waals surface area contributed by atoms with E-state index in [1.807, 2.05) is 50.3 Å². The van der Waals surface area contributed by atoms with Crippen molar-refractivity contribution in [3.8, 4) is 0 Å². The zero-order chi connectivity index (χ0) is 23.3. The molecule has 1 heterocycles. The van der Waals surface area contributed by atoms with Gasteiger partial charge < -0.3 is 19.4 Å².